The van der Waals surface area contributed by atoms with E-state index in [1.165, 1.54) is 26.2 Å². The molecule has 7 heteroatoms. The van der Waals surface area contributed by atoms with Crippen LogP contribution in [0.4, 0.5) is 5.69 Å². The second kappa shape index (κ2) is 6.91. The monoisotopic (exact) mass is 314 g/mol. The SMILES string of the molecule is CC(C)CC(Nc1ccc(S(=O)(=O)N(C)C)cc1)C(=O)O. The third-order valence-electron chi connectivity index (χ3n) is 2.98. The molecule has 2 N–H and O–H groups in total. The molecule has 0 amide bonds. The highest BCUT2D eigenvalue weighted by molar-refractivity contribution is 7.89. The first-order valence-electron chi connectivity index (χ1n) is 6.66. The number of carboxylic acid groups (broad SMARTS) is 1. The van der Waals surface area contributed by atoms with Crippen LogP contribution in [0.3, 0.4) is 0 Å². The van der Waals surface area contributed by atoms with Crippen molar-refractivity contribution in [3.8, 4) is 0 Å². The molecule has 6 nitrogen and oxygen atoms in total. The average molecular weight is 314 g/mol. The minimum absolute atomic E-state index is 0.175. The number of rotatable bonds is 7. The van der Waals surface area contributed by atoms with Gasteiger partial charge in [-0.05, 0) is 36.6 Å². The molecule has 0 fully saturated rings. The van der Waals surface area contributed by atoms with Crippen molar-refractivity contribution in [2.45, 2.75) is 31.2 Å². The minimum atomic E-state index is -3.47. The van der Waals surface area contributed by atoms with Crippen molar-refractivity contribution in [1.82, 2.24) is 4.31 Å². The van der Waals surface area contributed by atoms with E-state index >= 15 is 0 Å². The highest BCUT2D eigenvalue weighted by atomic mass is 32.2. The number of carboxylic acids is 1. The lowest BCUT2D eigenvalue weighted by Crippen LogP contribution is -2.30. The van der Waals surface area contributed by atoms with E-state index in [4.69, 9.17) is 0 Å². The lowest BCUT2D eigenvalue weighted by atomic mass is 10.0. The molecule has 0 aliphatic heterocycles. The van der Waals surface area contributed by atoms with Crippen LogP contribution in [0.2, 0.25) is 0 Å². The molecule has 0 aliphatic carbocycles. The summed E-state index contributed by atoms with van der Waals surface area (Å²) in [7, 11) is -0.542. The van der Waals surface area contributed by atoms with E-state index in [2.05, 4.69) is 5.32 Å². The van der Waals surface area contributed by atoms with Crippen molar-refractivity contribution in [3.05, 3.63) is 24.3 Å². The zero-order valence-corrected chi connectivity index (χ0v) is 13.5. The van der Waals surface area contributed by atoms with Crippen LogP contribution in [0.5, 0.6) is 0 Å². The zero-order valence-electron chi connectivity index (χ0n) is 12.7. The third-order valence-corrected chi connectivity index (χ3v) is 4.81. The molecule has 0 spiro atoms. The number of hydrogen-bond donors (Lipinski definition) is 2. The van der Waals surface area contributed by atoms with Crippen molar-refractivity contribution in [3.63, 3.8) is 0 Å². The van der Waals surface area contributed by atoms with Crippen LogP contribution in [0.1, 0.15) is 20.3 Å². The van der Waals surface area contributed by atoms with Gasteiger partial charge in [-0.2, -0.15) is 0 Å². The smallest absolute Gasteiger partial charge is 0.326 e. The third kappa shape index (κ3) is 4.71. The predicted octanol–water partition coefficient (Wildman–Crippen LogP) is 1.85. The van der Waals surface area contributed by atoms with Gasteiger partial charge in [0.1, 0.15) is 6.04 Å². The Hall–Kier alpha value is -1.60. The lowest BCUT2D eigenvalue weighted by Gasteiger charge is -2.18. The molecule has 0 saturated carbocycles. The second-order valence-corrected chi connectivity index (χ2v) is 7.63. The standard InChI is InChI=1S/C14H22N2O4S/c1-10(2)9-13(14(17)18)15-11-5-7-12(8-6-11)21(19,20)16(3)4/h5-8,10,13,15H,9H2,1-4H3,(H,17,18). The summed E-state index contributed by atoms with van der Waals surface area (Å²) in [5.41, 5.74) is 0.584. The molecule has 0 heterocycles. The van der Waals surface area contributed by atoms with Gasteiger partial charge in [-0.15, -0.1) is 0 Å². The number of nitrogens with one attached hydrogen (secondary N) is 1. The van der Waals surface area contributed by atoms with E-state index in [-0.39, 0.29) is 10.8 Å². The Balaban J connectivity index is 2.90. The first-order chi connectivity index (χ1) is 9.64. The van der Waals surface area contributed by atoms with Crippen molar-refractivity contribution in [2.24, 2.45) is 5.92 Å². The maximum atomic E-state index is 11.9. The fourth-order valence-corrected chi connectivity index (χ4v) is 2.73. The molecule has 0 bridgehead atoms. The fourth-order valence-electron chi connectivity index (χ4n) is 1.83. The van der Waals surface area contributed by atoms with Crippen LogP contribution < -0.4 is 5.32 Å². The molecule has 1 aromatic rings. The van der Waals surface area contributed by atoms with Gasteiger partial charge >= 0.3 is 5.97 Å². The van der Waals surface area contributed by atoms with Gasteiger partial charge in [-0.25, -0.2) is 17.5 Å². The quantitative estimate of drug-likeness (QED) is 0.802. The highest BCUT2D eigenvalue weighted by Crippen LogP contribution is 2.18. The molecule has 0 saturated heterocycles. The van der Waals surface area contributed by atoms with Gasteiger partial charge in [0.2, 0.25) is 10.0 Å². The van der Waals surface area contributed by atoms with Gasteiger partial charge in [-0.3, -0.25) is 0 Å². The molecular formula is C14H22N2O4S. The largest absolute Gasteiger partial charge is 0.480 e. The average Bonchev–Trinajstić information content (AvgIpc) is 2.37. The number of anilines is 1. The van der Waals surface area contributed by atoms with E-state index in [0.29, 0.717) is 12.1 Å². The van der Waals surface area contributed by atoms with Gasteiger partial charge in [0.05, 0.1) is 4.90 Å². The number of hydrogen-bond acceptors (Lipinski definition) is 4. The molecule has 1 rings (SSSR count). The molecule has 0 aliphatic rings. The lowest BCUT2D eigenvalue weighted by molar-refractivity contribution is -0.138. The normalized spacial score (nSPS) is 13.4. The molecular weight excluding hydrogens is 292 g/mol. The van der Waals surface area contributed by atoms with E-state index in [1.54, 1.807) is 12.1 Å². The number of nitrogens with zero attached hydrogens (tertiary/aromatic N) is 1. The summed E-state index contributed by atoms with van der Waals surface area (Å²) in [5, 5.41) is 12.1. The Morgan fingerprint density at radius 2 is 1.76 bits per heavy atom. The summed E-state index contributed by atoms with van der Waals surface area (Å²) in [6, 6.07) is 5.39. The van der Waals surface area contributed by atoms with Crippen LogP contribution >= 0.6 is 0 Å². The van der Waals surface area contributed by atoms with Crippen LogP contribution in [-0.4, -0.2) is 43.9 Å². The Morgan fingerprint density at radius 3 is 2.14 bits per heavy atom. The summed E-state index contributed by atoms with van der Waals surface area (Å²) in [6.07, 6.45) is 0.493. The Morgan fingerprint density at radius 1 is 1.24 bits per heavy atom. The number of sulfonamides is 1. The van der Waals surface area contributed by atoms with Crippen LogP contribution in [0.15, 0.2) is 29.2 Å². The van der Waals surface area contributed by atoms with Crippen molar-refractivity contribution in [2.75, 3.05) is 19.4 Å². The van der Waals surface area contributed by atoms with Crippen LogP contribution in [-0.2, 0) is 14.8 Å². The molecule has 0 radical (unpaired) electrons. The van der Waals surface area contributed by atoms with Gasteiger partial charge in [-0.1, -0.05) is 13.8 Å². The summed E-state index contributed by atoms with van der Waals surface area (Å²) in [4.78, 5) is 11.4. The maximum absolute atomic E-state index is 11.9. The molecule has 1 unspecified atom stereocenters. The fraction of sp³-hybridized carbons (Fsp3) is 0.500. The maximum Gasteiger partial charge on any atom is 0.326 e. The van der Waals surface area contributed by atoms with Crippen molar-refractivity contribution in [1.29, 1.82) is 0 Å². The van der Waals surface area contributed by atoms with E-state index in [9.17, 15) is 18.3 Å². The second-order valence-electron chi connectivity index (χ2n) is 5.48. The van der Waals surface area contributed by atoms with Gasteiger partial charge < -0.3 is 10.4 Å². The molecule has 0 aromatic heterocycles. The summed E-state index contributed by atoms with van der Waals surface area (Å²) >= 11 is 0. The molecule has 1 atom stereocenters. The first-order valence-corrected chi connectivity index (χ1v) is 8.10. The summed E-state index contributed by atoms with van der Waals surface area (Å²) < 4.78 is 25.0. The molecule has 118 valence electrons. The van der Waals surface area contributed by atoms with Crippen LogP contribution in [0, 0.1) is 5.92 Å². The van der Waals surface area contributed by atoms with Gasteiger partial charge in [0.25, 0.3) is 0 Å². The molecule has 1 aromatic carbocycles. The Labute approximate surface area is 125 Å². The van der Waals surface area contributed by atoms with E-state index in [1.807, 2.05) is 13.8 Å². The summed E-state index contributed by atoms with van der Waals surface area (Å²) in [5.74, 6) is -0.680. The predicted molar refractivity (Wildman–Crippen MR) is 81.8 cm³/mol. The number of benzene rings is 1. The number of aliphatic carboxylic acids is 1. The van der Waals surface area contributed by atoms with E-state index in [0.717, 1.165) is 4.31 Å². The first kappa shape index (κ1) is 17.5. The van der Waals surface area contributed by atoms with Gasteiger partial charge in [0, 0.05) is 19.8 Å². The van der Waals surface area contributed by atoms with Gasteiger partial charge in [0.15, 0.2) is 0 Å². The Bertz CT molecular complexity index is 579. The highest BCUT2D eigenvalue weighted by Gasteiger charge is 2.20. The van der Waals surface area contributed by atoms with Crippen LogP contribution in [0.25, 0.3) is 0 Å². The van der Waals surface area contributed by atoms with Crippen molar-refractivity contribution < 1.29 is 18.3 Å². The topological polar surface area (TPSA) is 86.7 Å². The summed E-state index contributed by atoms with van der Waals surface area (Å²) in [6.45, 7) is 3.90. The van der Waals surface area contributed by atoms with Crippen molar-refractivity contribution >= 4 is 21.7 Å². The van der Waals surface area contributed by atoms with E-state index < -0.39 is 22.0 Å². The number of carbonyl (C=O) groups is 1. The molecule has 21 heavy (non-hydrogen) atoms. The zero-order chi connectivity index (χ0) is 16.2. The minimum Gasteiger partial charge on any atom is -0.480 e. The Kier molecular flexibility index (Phi) is 5.74.